The SMILES string of the molecule is CCCCOOC(=O)c1ccccc1C=C(c1ccccc1)c1ccccc1. The van der Waals surface area contributed by atoms with Gasteiger partial charge in [0, 0.05) is 0 Å². The summed E-state index contributed by atoms with van der Waals surface area (Å²) in [6, 6.07) is 27.7. The summed E-state index contributed by atoms with van der Waals surface area (Å²) in [4.78, 5) is 22.6. The second-order valence-corrected chi connectivity index (χ2v) is 6.42. The Balaban J connectivity index is 1.96. The molecule has 0 aliphatic rings. The summed E-state index contributed by atoms with van der Waals surface area (Å²) in [5.41, 5.74) is 4.46. The van der Waals surface area contributed by atoms with Crippen molar-refractivity contribution < 1.29 is 14.6 Å². The van der Waals surface area contributed by atoms with Gasteiger partial charge in [0.25, 0.3) is 0 Å². The number of benzene rings is 3. The number of unbranched alkanes of at least 4 members (excludes halogenated alkanes) is 1. The van der Waals surface area contributed by atoms with Gasteiger partial charge >= 0.3 is 5.97 Å². The summed E-state index contributed by atoms with van der Waals surface area (Å²) in [5, 5.41) is 0. The van der Waals surface area contributed by atoms with E-state index in [2.05, 4.69) is 31.2 Å². The molecule has 0 radical (unpaired) electrons. The quantitative estimate of drug-likeness (QED) is 0.205. The van der Waals surface area contributed by atoms with Gasteiger partial charge < -0.3 is 0 Å². The van der Waals surface area contributed by atoms with Crippen LogP contribution >= 0.6 is 0 Å². The molecule has 0 saturated heterocycles. The second kappa shape index (κ2) is 10.2. The fraction of sp³-hybridized carbons (Fsp3) is 0.160. The van der Waals surface area contributed by atoms with Crippen LogP contribution in [-0.4, -0.2) is 12.6 Å². The lowest BCUT2D eigenvalue weighted by molar-refractivity contribution is -0.241. The molecular formula is C25H24O3. The van der Waals surface area contributed by atoms with Crippen LogP contribution in [0.4, 0.5) is 0 Å². The van der Waals surface area contributed by atoms with Crippen LogP contribution in [0.5, 0.6) is 0 Å². The molecule has 0 atom stereocenters. The Morgan fingerprint density at radius 2 is 1.39 bits per heavy atom. The van der Waals surface area contributed by atoms with E-state index in [1.807, 2.05) is 60.7 Å². The van der Waals surface area contributed by atoms with Gasteiger partial charge in [-0.25, -0.2) is 4.79 Å². The first kappa shape index (κ1) is 19.6. The first-order chi connectivity index (χ1) is 13.8. The second-order valence-electron chi connectivity index (χ2n) is 6.42. The smallest absolute Gasteiger partial charge is 0.293 e. The molecule has 0 unspecified atom stereocenters. The lowest BCUT2D eigenvalue weighted by Gasteiger charge is -2.11. The van der Waals surface area contributed by atoms with Crippen molar-refractivity contribution in [2.75, 3.05) is 6.61 Å². The first-order valence-corrected chi connectivity index (χ1v) is 9.55. The third kappa shape index (κ3) is 5.18. The highest BCUT2D eigenvalue weighted by Gasteiger charge is 2.14. The predicted molar refractivity (Wildman–Crippen MR) is 113 cm³/mol. The van der Waals surface area contributed by atoms with Gasteiger partial charge in [0.15, 0.2) is 0 Å². The average Bonchev–Trinajstić information content (AvgIpc) is 2.76. The molecule has 142 valence electrons. The van der Waals surface area contributed by atoms with E-state index in [4.69, 9.17) is 9.78 Å². The van der Waals surface area contributed by atoms with Crippen LogP contribution in [0.3, 0.4) is 0 Å². The highest BCUT2D eigenvalue weighted by atomic mass is 17.2. The zero-order chi connectivity index (χ0) is 19.6. The van der Waals surface area contributed by atoms with E-state index in [0.29, 0.717) is 12.2 Å². The largest absolute Gasteiger partial charge is 0.373 e. The monoisotopic (exact) mass is 372 g/mol. The van der Waals surface area contributed by atoms with Crippen LogP contribution in [0.1, 0.15) is 46.8 Å². The minimum atomic E-state index is -0.483. The zero-order valence-electron chi connectivity index (χ0n) is 16.0. The fourth-order valence-electron chi connectivity index (χ4n) is 2.88. The van der Waals surface area contributed by atoms with E-state index in [1.165, 1.54) is 0 Å². The molecule has 0 heterocycles. The highest BCUT2D eigenvalue weighted by Crippen LogP contribution is 2.27. The molecule has 0 aromatic heterocycles. The van der Waals surface area contributed by atoms with Crippen molar-refractivity contribution >= 4 is 17.6 Å². The van der Waals surface area contributed by atoms with Crippen LogP contribution in [0.15, 0.2) is 84.9 Å². The number of hydrogen-bond donors (Lipinski definition) is 0. The average molecular weight is 372 g/mol. The van der Waals surface area contributed by atoms with Crippen molar-refractivity contribution in [1.29, 1.82) is 0 Å². The van der Waals surface area contributed by atoms with Crippen LogP contribution in [0.25, 0.3) is 11.6 Å². The summed E-state index contributed by atoms with van der Waals surface area (Å²) < 4.78 is 0. The van der Waals surface area contributed by atoms with Gasteiger partial charge in [0.1, 0.15) is 0 Å². The van der Waals surface area contributed by atoms with Crippen LogP contribution in [0.2, 0.25) is 0 Å². The van der Waals surface area contributed by atoms with E-state index >= 15 is 0 Å². The minimum Gasteiger partial charge on any atom is -0.293 e. The third-order valence-electron chi connectivity index (χ3n) is 4.37. The maximum atomic E-state index is 12.5. The fourth-order valence-corrected chi connectivity index (χ4v) is 2.88. The molecule has 0 fully saturated rings. The van der Waals surface area contributed by atoms with Crippen molar-refractivity contribution in [3.8, 4) is 0 Å². The summed E-state index contributed by atoms with van der Waals surface area (Å²) in [6.07, 6.45) is 3.85. The number of carbonyl (C=O) groups excluding carboxylic acids is 1. The molecule has 3 rings (SSSR count). The van der Waals surface area contributed by atoms with Crippen molar-refractivity contribution in [3.63, 3.8) is 0 Å². The van der Waals surface area contributed by atoms with Crippen molar-refractivity contribution in [3.05, 3.63) is 107 Å². The van der Waals surface area contributed by atoms with E-state index in [1.54, 1.807) is 6.07 Å². The lowest BCUT2D eigenvalue weighted by atomic mass is 9.94. The third-order valence-corrected chi connectivity index (χ3v) is 4.37. The zero-order valence-corrected chi connectivity index (χ0v) is 16.0. The Hall–Kier alpha value is -3.17. The summed E-state index contributed by atoms with van der Waals surface area (Å²) in [7, 11) is 0. The van der Waals surface area contributed by atoms with Gasteiger partial charge in [0.2, 0.25) is 0 Å². The Morgan fingerprint density at radius 1 is 0.821 bits per heavy atom. The maximum Gasteiger partial charge on any atom is 0.373 e. The maximum absolute atomic E-state index is 12.5. The predicted octanol–water partition coefficient (Wildman–Crippen LogP) is 6.16. The molecule has 28 heavy (non-hydrogen) atoms. The Morgan fingerprint density at radius 3 is 2.00 bits per heavy atom. The highest BCUT2D eigenvalue weighted by molar-refractivity contribution is 5.98. The standard InChI is InChI=1S/C25H24O3/c1-2-3-18-27-28-25(26)23-17-11-10-16-22(23)19-24(20-12-6-4-7-13-20)21-14-8-5-9-15-21/h4-17,19H,2-3,18H2,1H3. The Labute approximate surface area is 166 Å². The van der Waals surface area contributed by atoms with E-state index < -0.39 is 5.97 Å². The van der Waals surface area contributed by atoms with Gasteiger partial charge in [-0.05, 0) is 40.8 Å². The molecule has 0 spiro atoms. The lowest BCUT2D eigenvalue weighted by Crippen LogP contribution is -2.08. The molecule has 0 aliphatic heterocycles. The summed E-state index contributed by atoms with van der Waals surface area (Å²) in [5.74, 6) is -0.483. The van der Waals surface area contributed by atoms with Gasteiger partial charge in [-0.15, -0.1) is 0 Å². The normalized spacial score (nSPS) is 10.3. The molecule has 0 N–H and O–H groups in total. The van der Waals surface area contributed by atoms with E-state index in [9.17, 15) is 4.79 Å². The summed E-state index contributed by atoms with van der Waals surface area (Å²) in [6.45, 7) is 2.46. The number of rotatable bonds is 8. The molecule has 0 bridgehead atoms. The van der Waals surface area contributed by atoms with Crippen LogP contribution in [-0.2, 0) is 9.78 Å². The van der Waals surface area contributed by atoms with Gasteiger partial charge in [-0.3, -0.25) is 4.89 Å². The van der Waals surface area contributed by atoms with Crippen LogP contribution < -0.4 is 0 Å². The van der Waals surface area contributed by atoms with E-state index in [-0.39, 0.29) is 0 Å². The number of hydrogen-bond acceptors (Lipinski definition) is 3. The van der Waals surface area contributed by atoms with Gasteiger partial charge in [-0.1, -0.05) is 92.2 Å². The molecule has 3 nitrogen and oxygen atoms in total. The topological polar surface area (TPSA) is 35.5 Å². The number of carbonyl (C=O) groups is 1. The molecule has 0 amide bonds. The minimum absolute atomic E-state index is 0.402. The van der Waals surface area contributed by atoms with Crippen molar-refractivity contribution in [2.24, 2.45) is 0 Å². The molecule has 3 aromatic rings. The first-order valence-electron chi connectivity index (χ1n) is 9.55. The summed E-state index contributed by atoms with van der Waals surface area (Å²) >= 11 is 0. The molecule has 3 aromatic carbocycles. The van der Waals surface area contributed by atoms with Gasteiger partial charge in [0.05, 0.1) is 12.2 Å². The Bertz CT molecular complexity index is 873. The molecule has 0 aliphatic carbocycles. The van der Waals surface area contributed by atoms with Crippen LogP contribution in [0, 0.1) is 0 Å². The van der Waals surface area contributed by atoms with Gasteiger partial charge in [-0.2, -0.15) is 4.89 Å². The van der Waals surface area contributed by atoms with Crippen molar-refractivity contribution in [2.45, 2.75) is 19.8 Å². The van der Waals surface area contributed by atoms with E-state index in [0.717, 1.165) is 35.1 Å². The molecule has 0 saturated carbocycles. The molecular weight excluding hydrogens is 348 g/mol. The van der Waals surface area contributed by atoms with Crippen molar-refractivity contribution in [1.82, 2.24) is 0 Å². The Kier molecular flexibility index (Phi) is 7.16. The molecule has 3 heteroatoms.